The van der Waals surface area contributed by atoms with Crippen molar-refractivity contribution >= 4 is 49.8 Å². The maximum Gasteiger partial charge on any atom is 0.136 e. The first kappa shape index (κ1) is 40.5. The summed E-state index contributed by atoms with van der Waals surface area (Å²) in [6, 6.07) is 90.6. The second kappa shape index (κ2) is 16.3. The highest BCUT2D eigenvalue weighted by molar-refractivity contribution is 6.19. The summed E-state index contributed by atoms with van der Waals surface area (Å²) >= 11 is 0. The number of anilines is 3. The third-order valence-corrected chi connectivity index (χ3v) is 14.5. The molecule has 1 heterocycles. The van der Waals surface area contributed by atoms with Crippen LogP contribution < -0.4 is 4.90 Å². The molecule has 326 valence electrons. The van der Waals surface area contributed by atoms with Gasteiger partial charge in [0.25, 0.3) is 0 Å². The summed E-state index contributed by atoms with van der Waals surface area (Å²) in [5, 5.41) is 4.76. The van der Waals surface area contributed by atoms with Gasteiger partial charge in [0.15, 0.2) is 0 Å². The average Bonchev–Trinajstić information content (AvgIpc) is 3.90. The summed E-state index contributed by atoms with van der Waals surface area (Å²) in [4.78, 5) is 2.41. The highest BCUT2D eigenvalue weighted by atomic mass is 16.3. The van der Waals surface area contributed by atoms with Crippen LogP contribution in [0.3, 0.4) is 0 Å². The fourth-order valence-electron chi connectivity index (χ4n) is 10.8. The molecule has 11 aromatic carbocycles. The van der Waals surface area contributed by atoms with E-state index in [4.69, 9.17) is 4.42 Å². The summed E-state index contributed by atoms with van der Waals surface area (Å²) in [5.41, 5.74) is 22.2. The Morgan fingerprint density at radius 3 is 1.28 bits per heavy atom. The number of hydrogen-bond donors (Lipinski definition) is 0. The number of furan rings is 1. The molecule has 0 radical (unpaired) electrons. The van der Waals surface area contributed by atoms with Gasteiger partial charge in [-0.2, -0.15) is 0 Å². The van der Waals surface area contributed by atoms with Crippen LogP contribution in [0.15, 0.2) is 253 Å². The summed E-state index contributed by atoms with van der Waals surface area (Å²) in [6.07, 6.45) is 0. The summed E-state index contributed by atoms with van der Waals surface area (Å²) in [6.45, 7) is 4.76. The second-order valence-corrected chi connectivity index (χ2v) is 18.9. The Morgan fingerprint density at radius 2 is 0.710 bits per heavy atom. The predicted octanol–water partition coefficient (Wildman–Crippen LogP) is 18.9. The molecule has 0 atom stereocenters. The Hall–Kier alpha value is -8.72. The molecule has 13 rings (SSSR count). The lowest BCUT2D eigenvalue weighted by Gasteiger charge is -2.28. The van der Waals surface area contributed by atoms with Gasteiger partial charge in [-0.25, -0.2) is 0 Å². The molecule has 0 N–H and O–H groups in total. The fourth-order valence-corrected chi connectivity index (χ4v) is 10.8. The van der Waals surface area contributed by atoms with Gasteiger partial charge in [-0.15, -0.1) is 0 Å². The monoisotopic (exact) mass is 881 g/mol. The molecule has 1 aliphatic rings. The second-order valence-electron chi connectivity index (χ2n) is 18.9. The molecule has 1 aliphatic carbocycles. The minimum absolute atomic E-state index is 0.240. The highest BCUT2D eigenvalue weighted by Crippen LogP contribution is 2.52. The Kier molecular flexibility index (Phi) is 9.55. The lowest BCUT2D eigenvalue weighted by Crippen LogP contribution is -2.16. The maximum atomic E-state index is 6.38. The van der Waals surface area contributed by atoms with E-state index in [0.717, 1.165) is 33.6 Å². The van der Waals surface area contributed by atoms with Crippen LogP contribution in [0.5, 0.6) is 0 Å². The van der Waals surface area contributed by atoms with Gasteiger partial charge >= 0.3 is 0 Å². The van der Waals surface area contributed by atoms with Crippen molar-refractivity contribution in [3.63, 3.8) is 0 Å². The van der Waals surface area contributed by atoms with E-state index < -0.39 is 0 Å². The average molecular weight is 882 g/mol. The molecule has 1 aromatic heterocycles. The molecule has 0 aliphatic heterocycles. The first-order valence-corrected chi connectivity index (χ1v) is 23.9. The molecule has 12 aromatic rings. The zero-order valence-corrected chi connectivity index (χ0v) is 38.5. The van der Waals surface area contributed by atoms with E-state index in [1.54, 1.807) is 0 Å². The third-order valence-electron chi connectivity index (χ3n) is 14.5. The first-order valence-electron chi connectivity index (χ1n) is 23.9. The van der Waals surface area contributed by atoms with E-state index in [9.17, 15) is 0 Å². The normalized spacial score (nSPS) is 12.6. The first-order chi connectivity index (χ1) is 33.9. The van der Waals surface area contributed by atoms with Crippen LogP contribution in [0.1, 0.15) is 25.0 Å². The lowest BCUT2D eigenvalue weighted by atomic mass is 9.81. The third kappa shape index (κ3) is 7.03. The maximum absolute atomic E-state index is 6.38. The Bertz CT molecular complexity index is 3740. The molecule has 0 bridgehead atoms. The molecular weight excluding hydrogens is 835 g/mol. The van der Waals surface area contributed by atoms with Crippen molar-refractivity contribution in [1.82, 2.24) is 0 Å². The quantitative estimate of drug-likeness (QED) is 0.151. The molecule has 2 nitrogen and oxygen atoms in total. The molecule has 2 heteroatoms. The van der Waals surface area contributed by atoms with Gasteiger partial charge in [-0.1, -0.05) is 202 Å². The van der Waals surface area contributed by atoms with Gasteiger partial charge in [-0.3, -0.25) is 0 Å². The van der Waals surface area contributed by atoms with Crippen molar-refractivity contribution in [2.24, 2.45) is 0 Å². The smallest absolute Gasteiger partial charge is 0.136 e. The number of nitrogens with zero attached hydrogens (tertiary/aromatic N) is 1. The Balaban J connectivity index is 0.859. The van der Waals surface area contributed by atoms with Crippen LogP contribution in [-0.4, -0.2) is 0 Å². The van der Waals surface area contributed by atoms with Crippen LogP contribution in [0.25, 0.3) is 99.5 Å². The van der Waals surface area contributed by atoms with Gasteiger partial charge in [-0.05, 0) is 149 Å². The van der Waals surface area contributed by atoms with Crippen molar-refractivity contribution in [3.8, 4) is 66.8 Å². The van der Waals surface area contributed by atoms with Crippen LogP contribution in [0, 0.1) is 0 Å². The lowest BCUT2D eigenvalue weighted by molar-refractivity contribution is 0.660. The van der Waals surface area contributed by atoms with Crippen molar-refractivity contribution < 1.29 is 4.42 Å². The number of fused-ring (bicyclic) bond motifs is 8. The molecule has 0 saturated carbocycles. The van der Waals surface area contributed by atoms with E-state index in [1.165, 1.54) is 94.0 Å². The van der Waals surface area contributed by atoms with Crippen LogP contribution in [0.2, 0.25) is 0 Å². The molecule has 0 fully saturated rings. The summed E-state index contributed by atoms with van der Waals surface area (Å²) in [7, 11) is 0. The van der Waals surface area contributed by atoms with Crippen molar-refractivity contribution in [3.05, 3.63) is 260 Å². The number of benzene rings is 11. The molecule has 0 unspecified atom stereocenters. The van der Waals surface area contributed by atoms with Crippen LogP contribution in [-0.2, 0) is 5.41 Å². The van der Waals surface area contributed by atoms with Gasteiger partial charge in [0.2, 0.25) is 0 Å². The fraction of sp³-hybridized carbons (Fsp3) is 0.0448. The van der Waals surface area contributed by atoms with Crippen LogP contribution >= 0.6 is 0 Å². The van der Waals surface area contributed by atoms with E-state index in [1.807, 2.05) is 0 Å². The molecule has 0 saturated heterocycles. The zero-order chi connectivity index (χ0) is 46.1. The van der Waals surface area contributed by atoms with Crippen molar-refractivity contribution in [2.45, 2.75) is 19.3 Å². The minimum atomic E-state index is -0.240. The SMILES string of the molecule is CC1(C)c2cc(-c3ccc4oc5ccc6ccccc6c5c4c3)ccc2-c2ccc(N(c3ccc(-c4ccc(-c5ccccc5)cc4)cc3)c3ccc(-c4ccc(-c5ccccc5)cc4)cc3)cc21. The zero-order valence-electron chi connectivity index (χ0n) is 38.5. The van der Waals surface area contributed by atoms with Crippen molar-refractivity contribution in [2.75, 3.05) is 4.90 Å². The predicted molar refractivity (Wildman–Crippen MR) is 291 cm³/mol. The molecule has 0 spiro atoms. The Morgan fingerprint density at radius 1 is 0.304 bits per heavy atom. The van der Waals surface area contributed by atoms with Gasteiger partial charge < -0.3 is 9.32 Å². The number of hydrogen-bond acceptors (Lipinski definition) is 2. The standard InChI is InChI=1S/C67H47NO/c1-67(2)62-42-54(53-31-39-64-61(41-53)66-58-16-10-9-15-52(58)30-40-65(66)69-64)29-37-59(62)60-38-36-57(43-63(60)67)68(55-32-25-50(26-33-55)48-21-17-46(18-22-48)44-11-5-3-6-12-44)56-34-27-51(28-35-56)49-23-19-47(20-24-49)45-13-7-4-8-14-45/h3-43H,1-2H3. The molecule has 69 heavy (non-hydrogen) atoms. The summed E-state index contributed by atoms with van der Waals surface area (Å²) in [5.74, 6) is 0. The molecule has 0 amide bonds. The summed E-state index contributed by atoms with van der Waals surface area (Å²) < 4.78 is 6.38. The van der Waals surface area contributed by atoms with Crippen molar-refractivity contribution in [1.29, 1.82) is 0 Å². The minimum Gasteiger partial charge on any atom is -0.456 e. The largest absolute Gasteiger partial charge is 0.456 e. The van der Waals surface area contributed by atoms with Crippen LogP contribution in [0.4, 0.5) is 17.1 Å². The molecular formula is C67H47NO. The van der Waals surface area contributed by atoms with E-state index in [2.05, 4.69) is 267 Å². The van der Waals surface area contributed by atoms with E-state index in [0.29, 0.717) is 0 Å². The van der Waals surface area contributed by atoms with Gasteiger partial charge in [0.05, 0.1) is 0 Å². The highest BCUT2D eigenvalue weighted by Gasteiger charge is 2.36. The Labute approximate surface area is 403 Å². The van der Waals surface area contributed by atoms with Gasteiger partial charge in [0.1, 0.15) is 11.2 Å². The van der Waals surface area contributed by atoms with Gasteiger partial charge in [0, 0.05) is 33.2 Å². The number of rotatable bonds is 8. The van der Waals surface area contributed by atoms with E-state index >= 15 is 0 Å². The van der Waals surface area contributed by atoms with E-state index in [-0.39, 0.29) is 5.41 Å². The topological polar surface area (TPSA) is 16.4 Å².